The molecule has 3 rings (SSSR count). The molecule has 1 aromatic carbocycles. The predicted octanol–water partition coefficient (Wildman–Crippen LogP) is 2.17. The van der Waals surface area contributed by atoms with Gasteiger partial charge in [0.1, 0.15) is 0 Å². The molecule has 2 heterocycles. The molecule has 4 nitrogen and oxygen atoms in total. The maximum atomic E-state index is 12.2. The molecule has 1 saturated heterocycles. The lowest BCUT2D eigenvalue weighted by molar-refractivity contribution is -0.118. The summed E-state index contributed by atoms with van der Waals surface area (Å²) >= 11 is 0. The number of hydrogen-bond donors (Lipinski definition) is 2. The topological polar surface area (TPSA) is 54.0 Å². The molecule has 0 radical (unpaired) electrons. The molecule has 2 unspecified atom stereocenters. The first-order chi connectivity index (χ1) is 9.24. The summed E-state index contributed by atoms with van der Waals surface area (Å²) in [5.74, 6) is 0.412. The second-order valence-corrected chi connectivity index (χ2v) is 5.10. The van der Waals surface area contributed by atoms with Crippen LogP contribution >= 0.6 is 0 Å². The molecule has 2 aromatic rings. The summed E-state index contributed by atoms with van der Waals surface area (Å²) in [7, 11) is 0. The molecule has 2 N–H and O–H groups in total. The zero-order valence-electron chi connectivity index (χ0n) is 10.9. The first kappa shape index (κ1) is 12.1. The summed E-state index contributed by atoms with van der Waals surface area (Å²) in [4.78, 5) is 16.5. The Morgan fingerprint density at radius 3 is 3.05 bits per heavy atom. The monoisotopic (exact) mass is 255 g/mol. The molecule has 4 heteroatoms. The van der Waals surface area contributed by atoms with Crippen molar-refractivity contribution in [3.8, 4) is 0 Å². The van der Waals surface area contributed by atoms with E-state index in [0.29, 0.717) is 5.92 Å². The number of benzene rings is 1. The standard InChI is InChI=1S/C15H17N3O/c1-10-6-7-16-14(10)15(19)18-12-8-11-4-2-3-5-13(11)17-9-12/h2-5,8-10,14,16H,6-7H2,1H3,(H,18,19). The summed E-state index contributed by atoms with van der Waals surface area (Å²) in [6.07, 6.45) is 2.76. The number of aromatic nitrogens is 1. The highest BCUT2D eigenvalue weighted by atomic mass is 16.2. The van der Waals surface area contributed by atoms with Crippen LogP contribution in [0.15, 0.2) is 36.5 Å². The van der Waals surface area contributed by atoms with Crippen LogP contribution in [0.4, 0.5) is 5.69 Å². The highest BCUT2D eigenvalue weighted by Gasteiger charge is 2.29. The molecule has 1 aliphatic rings. The molecular weight excluding hydrogens is 238 g/mol. The minimum atomic E-state index is -0.0912. The Labute approximate surface area is 112 Å². The molecule has 19 heavy (non-hydrogen) atoms. The Hall–Kier alpha value is -1.94. The Morgan fingerprint density at radius 2 is 2.26 bits per heavy atom. The number of nitrogens with zero attached hydrogens (tertiary/aromatic N) is 1. The quantitative estimate of drug-likeness (QED) is 0.864. The summed E-state index contributed by atoms with van der Waals surface area (Å²) in [6.45, 7) is 3.01. The first-order valence-corrected chi connectivity index (χ1v) is 6.63. The molecule has 1 fully saturated rings. The summed E-state index contributed by atoms with van der Waals surface area (Å²) < 4.78 is 0. The smallest absolute Gasteiger partial charge is 0.241 e. The van der Waals surface area contributed by atoms with Gasteiger partial charge in [-0.3, -0.25) is 9.78 Å². The summed E-state index contributed by atoms with van der Waals surface area (Å²) in [5, 5.41) is 7.21. The van der Waals surface area contributed by atoms with E-state index in [-0.39, 0.29) is 11.9 Å². The van der Waals surface area contributed by atoms with Gasteiger partial charge in [0.2, 0.25) is 5.91 Å². The van der Waals surface area contributed by atoms with E-state index in [2.05, 4.69) is 22.5 Å². The molecule has 0 aliphatic carbocycles. The zero-order valence-corrected chi connectivity index (χ0v) is 10.9. The number of carbonyl (C=O) groups excluding carboxylic acids is 1. The third-order valence-corrected chi connectivity index (χ3v) is 3.67. The number of anilines is 1. The van der Waals surface area contributed by atoms with Gasteiger partial charge in [0, 0.05) is 5.39 Å². The number of carbonyl (C=O) groups is 1. The van der Waals surface area contributed by atoms with E-state index in [4.69, 9.17) is 0 Å². The van der Waals surface area contributed by atoms with E-state index in [1.807, 2.05) is 30.3 Å². The maximum Gasteiger partial charge on any atom is 0.241 e. The largest absolute Gasteiger partial charge is 0.323 e. The van der Waals surface area contributed by atoms with Gasteiger partial charge in [-0.15, -0.1) is 0 Å². The lowest BCUT2D eigenvalue weighted by Crippen LogP contribution is -2.39. The van der Waals surface area contributed by atoms with Gasteiger partial charge in [0.25, 0.3) is 0 Å². The number of nitrogens with one attached hydrogen (secondary N) is 2. The van der Waals surface area contributed by atoms with Gasteiger partial charge in [-0.1, -0.05) is 25.1 Å². The van der Waals surface area contributed by atoms with Crippen LogP contribution in [-0.4, -0.2) is 23.5 Å². The van der Waals surface area contributed by atoms with E-state index in [9.17, 15) is 4.79 Å². The average Bonchev–Trinajstić information content (AvgIpc) is 2.85. The van der Waals surface area contributed by atoms with Gasteiger partial charge in [-0.05, 0) is 31.0 Å². The van der Waals surface area contributed by atoms with Crippen molar-refractivity contribution in [1.29, 1.82) is 0 Å². The van der Waals surface area contributed by atoms with Gasteiger partial charge in [-0.25, -0.2) is 0 Å². The normalized spacial score (nSPS) is 22.6. The predicted molar refractivity (Wildman–Crippen MR) is 75.9 cm³/mol. The minimum Gasteiger partial charge on any atom is -0.323 e. The zero-order chi connectivity index (χ0) is 13.2. The van der Waals surface area contributed by atoms with Gasteiger partial charge >= 0.3 is 0 Å². The molecule has 98 valence electrons. The summed E-state index contributed by atoms with van der Waals surface area (Å²) in [5.41, 5.74) is 1.69. The van der Waals surface area contributed by atoms with Gasteiger partial charge in [0.15, 0.2) is 0 Å². The van der Waals surface area contributed by atoms with Crippen molar-refractivity contribution in [2.45, 2.75) is 19.4 Å². The van der Waals surface area contributed by atoms with E-state index in [1.165, 1.54) is 0 Å². The Kier molecular flexibility index (Phi) is 3.17. The minimum absolute atomic E-state index is 0.0297. The number of rotatable bonds is 2. The average molecular weight is 255 g/mol. The highest BCUT2D eigenvalue weighted by molar-refractivity contribution is 5.96. The second kappa shape index (κ2) is 4.97. The number of fused-ring (bicyclic) bond motifs is 1. The van der Waals surface area contributed by atoms with Crippen molar-refractivity contribution in [2.75, 3.05) is 11.9 Å². The Balaban J connectivity index is 1.79. The van der Waals surface area contributed by atoms with Gasteiger partial charge in [-0.2, -0.15) is 0 Å². The SMILES string of the molecule is CC1CCNC1C(=O)Nc1cnc2ccccc2c1. The number of hydrogen-bond acceptors (Lipinski definition) is 3. The van der Waals surface area contributed by atoms with Gasteiger partial charge < -0.3 is 10.6 Å². The van der Waals surface area contributed by atoms with Crippen LogP contribution in [0.25, 0.3) is 10.9 Å². The molecule has 0 spiro atoms. The van der Waals surface area contributed by atoms with E-state index >= 15 is 0 Å². The van der Waals surface area contributed by atoms with Crippen molar-refractivity contribution in [3.05, 3.63) is 36.5 Å². The van der Waals surface area contributed by atoms with Crippen LogP contribution in [0.5, 0.6) is 0 Å². The molecule has 2 atom stereocenters. The molecule has 0 bridgehead atoms. The lowest BCUT2D eigenvalue weighted by atomic mass is 10.0. The van der Waals surface area contributed by atoms with Crippen LogP contribution in [0.3, 0.4) is 0 Å². The maximum absolute atomic E-state index is 12.2. The van der Waals surface area contributed by atoms with Crippen LogP contribution in [0.1, 0.15) is 13.3 Å². The van der Waals surface area contributed by atoms with Crippen LogP contribution in [0, 0.1) is 5.92 Å². The molecular formula is C15H17N3O. The molecule has 1 aliphatic heterocycles. The van der Waals surface area contributed by atoms with Crippen molar-refractivity contribution >= 4 is 22.5 Å². The molecule has 0 saturated carbocycles. The molecule has 1 aromatic heterocycles. The third-order valence-electron chi connectivity index (χ3n) is 3.67. The van der Waals surface area contributed by atoms with Crippen LogP contribution in [-0.2, 0) is 4.79 Å². The van der Waals surface area contributed by atoms with E-state index in [1.54, 1.807) is 6.20 Å². The van der Waals surface area contributed by atoms with Crippen molar-refractivity contribution < 1.29 is 4.79 Å². The number of pyridine rings is 1. The lowest BCUT2D eigenvalue weighted by Gasteiger charge is -2.15. The first-order valence-electron chi connectivity index (χ1n) is 6.63. The number of amides is 1. The fraction of sp³-hybridized carbons (Fsp3) is 0.333. The fourth-order valence-electron chi connectivity index (χ4n) is 2.54. The Bertz CT molecular complexity index is 611. The van der Waals surface area contributed by atoms with Crippen molar-refractivity contribution in [2.24, 2.45) is 5.92 Å². The second-order valence-electron chi connectivity index (χ2n) is 5.10. The van der Waals surface area contributed by atoms with Crippen molar-refractivity contribution in [3.63, 3.8) is 0 Å². The van der Waals surface area contributed by atoms with E-state index < -0.39 is 0 Å². The van der Waals surface area contributed by atoms with Crippen LogP contribution < -0.4 is 10.6 Å². The van der Waals surface area contributed by atoms with E-state index in [0.717, 1.165) is 29.6 Å². The third kappa shape index (κ3) is 2.44. The highest BCUT2D eigenvalue weighted by Crippen LogP contribution is 2.19. The number of para-hydroxylation sites is 1. The fourth-order valence-corrected chi connectivity index (χ4v) is 2.54. The Morgan fingerprint density at radius 1 is 1.42 bits per heavy atom. The van der Waals surface area contributed by atoms with Crippen LogP contribution in [0.2, 0.25) is 0 Å². The molecule has 1 amide bonds. The van der Waals surface area contributed by atoms with Gasteiger partial charge in [0.05, 0.1) is 23.4 Å². The van der Waals surface area contributed by atoms with Crippen molar-refractivity contribution in [1.82, 2.24) is 10.3 Å². The summed E-state index contributed by atoms with van der Waals surface area (Å²) in [6, 6.07) is 9.75.